The summed E-state index contributed by atoms with van der Waals surface area (Å²) in [6.07, 6.45) is 2.43. The van der Waals surface area contributed by atoms with Gasteiger partial charge in [0.15, 0.2) is 15.6 Å². The van der Waals surface area contributed by atoms with Crippen LogP contribution in [-0.4, -0.2) is 14.2 Å². The van der Waals surface area contributed by atoms with Crippen molar-refractivity contribution in [3.8, 4) is 0 Å². The second-order valence-corrected chi connectivity index (χ2v) is 3.58. The van der Waals surface area contributed by atoms with Gasteiger partial charge in [-0.2, -0.15) is 0 Å². The molecule has 0 aliphatic heterocycles. The fourth-order valence-corrected chi connectivity index (χ4v) is 0.287. The molecule has 0 heterocycles. The molecule has 0 rings (SSSR count). The summed E-state index contributed by atoms with van der Waals surface area (Å²) in [6, 6.07) is 0. The van der Waals surface area contributed by atoms with Gasteiger partial charge in [-0.05, 0) is 12.2 Å². The molecule has 72 valence electrons. The number of rotatable bonds is 4. The Morgan fingerprint density at radius 2 is 1.23 bits per heavy atom. The third-order valence-electron chi connectivity index (χ3n) is 0.867. The normalized spacial score (nSPS) is 8.62. The SMILES string of the molecule is C=CC(=O)C=C.C=CS(=O)(=O)C=C. The average molecular weight is 200 g/mol. The van der Waals surface area contributed by atoms with Gasteiger partial charge in [-0.1, -0.05) is 26.3 Å². The predicted molar refractivity (Wildman–Crippen MR) is 54.7 cm³/mol. The molecule has 0 aliphatic rings. The van der Waals surface area contributed by atoms with Crippen LogP contribution in [0.5, 0.6) is 0 Å². The molecule has 0 fully saturated rings. The Balaban J connectivity index is 0. The van der Waals surface area contributed by atoms with Gasteiger partial charge in [0.25, 0.3) is 0 Å². The van der Waals surface area contributed by atoms with Crippen LogP contribution in [0.3, 0.4) is 0 Å². The molecule has 13 heavy (non-hydrogen) atoms. The van der Waals surface area contributed by atoms with Gasteiger partial charge in [0.2, 0.25) is 0 Å². The molecule has 0 saturated heterocycles. The number of allylic oxidation sites excluding steroid dienone is 2. The lowest BCUT2D eigenvalue weighted by Crippen LogP contribution is -1.83. The van der Waals surface area contributed by atoms with Crippen LogP contribution in [0.25, 0.3) is 0 Å². The first-order valence-corrected chi connectivity index (χ1v) is 4.83. The van der Waals surface area contributed by atoms with E-state index in [4.69, 9.17) is 0 Å². The van der Waals surface area contributed by atoms with Crippen LogP contribution >= 0.6 is 0 Å². The fraction of sp³-hybridized carbons (Fsp3) is 0. The van der Waals surface area contributed by atoms with E-state index in [1.165, 1.54) is 12.2 Å². The maximum atomic E-state index is 10.1. The smallest absolute Gasteiger partial charge is 0.191 e. The first-order chi connectivity index (χ1) is 5.93. The molecule has 0 spiro atoms. The van der Waals surface area contributed by atoms with E-state index in [0.29, 0.717) is 0 Å². The summed E-state index contributed by atoms with van der Waals surface area (Å²) in [4.78, 5) is 9.94. The molecule has 3 nitrogen and oxygen atoms in total. The molecular formula is C9H12O3S. The molecule has 0 aromatic rings. The van der Waals surface area contributed by atoms with Crippen molar-refractivity contribution in [2.75, 3.05) is 0 Å². The summed E-state index contributed by atoms with van der Waals surface area (Å²) in [5.41, 5.74) is 0. The summed E-state index contributed by atoms with van der Waals surface area (Å²) in [5, 5.41) is 1.69. The minimum Gasteiger partial charge on any atom is -0.290 e. The van der Waals surface area contributed by atoms with Gasteiger partial charge < -0.3 is 0 Å². The zero-order valence-corrected chi connectivity index (χ0v) is 8.09. The molecule has 0 bridgehead atoms. The Bertz CT molecular complexity index is 286. The molecule has 0 N–H and O–H groups in total. The van der Waals surface area contributed by atoms with E-state index in [9.17, 15) is 13.2 Å². The van der Waals surface area contributed by atoms with Crippen LogP contribution in [-0.2, 0) is 14.6 Å². The second-order valence-electron chi connectivity index (χ2n) is 1.73. The quantitative estimate of drug-likeness (QED) is 0.648. The third kappa shape index (κ3) is 10.6. The first-order valence-electron chi connectivity index (χ1n) is 3.22. The number of ketones is 1. The van der Waals surface area contributed by atoms with Crippen molar-refractivity contribution in [1.82, 2.24) is 0 Å². The van der Waals surface area contributed by atoms with Crippen LogP contribution in [0.15, 0.2) is 49.3 Å². The lowest BCUT2D eigenvalue weighted by molar-refractivity contribution is -0.110. The highest BCUT2D eigenvalue weighted by atomic mass is 32.2. The Morgan fingerprint density at radius 1 is 0.923 bits per heavy atom. The largest absolute Gasteiger partial charge is 0.290 e. The van der Waals surface area contributed by atoms with Crippen LogP contribution in [0.4, 0.5) is 0 Å². The van der Waals surface area contributed by atoms with Gasteiger partial charge in [0.1, 0.15) is 0 Å². The Labute approximate surface area is 78.7 Å². The highest BCUT2D eigenvalue weighted by Gasteiger charge is 1.90. The van der Waals surface area contributed by atoms with E-state index < -0.39 is 9.84 Å². The Morgan fingerprint density at radius 3 is 1.23 bits per heavy atom. The van der Waals surface area contributed by atoms with Crippen molar-refractivity contribution in [2.45, 2.75) is 0 Å². The molecule has 0 aromatic carbocycles. The van der Waals surface area contributed by atoms with Crippen molar-refractivity contribution in [3.05, 3.63) is 49.3 Å². The van der Waals surface area contributed by atoms with Crippen molar-refractivity contribution < 1.29 is 13.2 Å². The highest BCUT2D eigenvalue weighted by Crippen LogP contribution is 1.87. The average Bonchev–Trinajstić information content (AvgIpc) is 2.17. The second kappa shape index (κ2) is 7.24. The van der Waals surface area contributed by atoms with Gasteiger partial charge in [-0.3, -0.25) is 4.79 Å². The van der Waals surface area contributed by atoms with Gasteiger partial charge in [-0.15, -0.1) is 0 Å². The Hall–Kier alpha value is -1.42. The van der Waals surface area contributed by atoms with E-state index in [-0.39, 0.29) is 5.78 Å². The van der Waals surface area contributed by atoms with Crippen molar-refractivity contribution in [3.63, 3.8) is 0 Å². The minimum atomic E-state index is -3.13. The Kier molecular flexibility index (Phi) is 7.87. The zero-order valence-electron chi connectivity index (χ0n) is 7.27. The first kappa shape index (κ1) is 14.1. The monoisotopic (exact) mass is 200 g/mol. The maximum Gasteiger partial charge on any atom is 0.191 e. The molecule has 0 radical (unpaired) electrons. The lowest BCUT2D eigenvalue weighted by Gasteiger charge is -1.78. The number of hydrogen-bond acceptors (Lipinski definition) is 3. The van der Waals surface area contributed by atoms with E-state index in [2.05, 4.69) is 26.3 Å². The fourth-order valence-electron chi connectivity index (χ4n) is 0.151. The van der Waals surface area contributed by atoms with Gasteiger partial charge >= 0.3 is 0 Å². The molecule has 0 unspecified atom stereocenters. The summed E-state index contributed by atoms with van der Waals surface area (Å²) >= 11 is 0. The van der Waals surface area contributed by atoms with Crippen molar-refractivity contribution >= 4 is 15.6 Å². The van der Waals surface area contributed by atoms with Crippen LogP contribution in [0.2, 0.25) is 0 Å². The van der Waals surface area contributed by atoms with E-state index in [0.717, 1.165) is 10.8 Å². The molecule has 0 aromatic heterocycles. The van der Waals surface area contributed by atoms with Crippen LogP contribution < -0.4 is 0 Å². The number of carbonyl (C=O) groups excluding carboxylic acids is 1. The maximum absolute atomic E-state index is 10.1. The van der Waals surface area contributed by atoms with E-state index >= 15 is 0 Å². The summed E-state index contributed by atoms with van der Waals surface area (Å²) in [5.74, 6) is -0.130. The predicted octanol–water partition coefficient (Wildman–Crippen LogP) is 1.62. The molecule has 0 saturated carbocycles. The summed E-state index contributed by atoms with van der Waals surface area (Å²) < 4.78 is 20.3. The molecule has 4 heteroatoms. The van der Waals surface area contributed by atoms with Crippen molar-refractivity contribution in [2.24, 2.45) is 0 Å². The molecular weight excluding hydrogens is 188 g/mol. The minimum absolute atomic E-state index is 0.130. The van der Waals surface area contributed by atoms with Crippen LogP contribution in [0, 0.1) is 0 Å². The number of sulfone groups is 1. The van der Waals surface area contributed by atoms with Crippen molar-refractivity contribution in [1.29, 1.82) is 0 Å². The topological polar surface area (TPSA) is 51.2 Å². The summed E-state index contributed by atoms with van der Waals surface area (Å²) in [7, 11) is -3.13. The third-order valence-corrected chi connectivity index (χ3v) is 1.80. The number of carbonyl (C=O) groups is 1. The van der Waals surface area contributed by atoms with Gasteiger partial charge in [0.05, 0.1) is 0 Å². The standard InChI is InChI=1S/C5H6O.C4H6O2S/c1-3-5(6)4-2;1-3-7(5,6)4-2/h3-4H,1-2H2;3-4H,1-2H2. The summed E-state index contributed by atoms with van der Waals surface area (Å²) in [6.45, 7) is 12.5. The molecule has 0 atom stereocenters. The van der Waals surface area contributed by atoms with Crippen LogP contribution in [0.1, 0.15) is 0 Å². The number of hydrogen-bond donors (Lipinski definition) is 0. The lowest BCUT2D eigenvalue weighted by atomic mass is 10.4. The van der Waals surface area contributed by atoms with Gasteiger partial charge in [-0.25, -0.2) is 8.42 Å². The zero-order chi connectivity index (χ0) is 10.9. The van der Waals surface area contributed by atoms with E-state index in [1.807, 2.05) is 0 Å². The van der Waals surface area contributed by atoms with Gasteiger partial charge in [0, 0.05) is 10.8 Å². The van der Waals surface area contributed by atoms with E-state index in [1.54, 1.807) is 0 Å². The highest BCUT2D eigenvalue weighted by molar-refractivity contribution is 7.97. The molecule has 0 aliphatic carbocycles. The molecule has 0 amide bonds.